The van der Waals surface area contributed by atoms with E-state index in [0.717, 1.165) is 16.8 Å². The lowest BCUT2D eigenvalue weighted by Crippen LogP contribution is -2.60. The topological polar surface area (TPSA) is 171 Å². The highest BCUT2D eigenvalue weighted by atomic mass is 16.7. The molecule has 0 radical (unpaired) electrons. The number of aromatic amines is 1. The first-order valence-corrected chi connectivity index (χ1v) is 14.0. The lowest BCUT2D eigenvalue weighted by atomic mass is 9.94. The van der Waals surface area contributed by atoms with E-state index in [1.54, 1.807) is 19.9 Å². The zero-order valence-corrected chi connectivity index (χ0v) is 25.5. The first-order chi connectivity index (χ1) is 19.9. The van der Waals surface area contributed by atoms with Gasteiger partial charge in [0.1, 0.15) is 24.4 Å². The number of aliphatic hydroxyl groups excluding tert-OH is 5. The molecule has 0 aromatic carbocycles. The lowest BCUT2D eigenvalue weighted by Gasteiger charge is -2.41. The molecule has 1 aliphatic rings. The molecule has 0 spiro atoms. The third-order valence-corrected chi connectivity index (χ3v) is 7.35. The molecular weight excluding hydrogens is 546 g/mol. The van der Waals surface area contributed by atoms with Gasteiger partial charge < -0.3 is 49.5 Å². The summed E-state index contributed by atoms with van der Waals surface area (Å²) in [4.78, 5) is 15.7. The summed E-state index contributed by atoms with van der Waals surface area (Å²) in [5.41, 5.74) is 3.87. The molecule has 0 amide bonds. The van der Waals surface area contributed by atoms with Crippen molar-refractivity contribution in [2.45, 2.75) is 84.3 Å². The Labute approximate surface area is 247 Å². The minimum atomic E-state index is -1.55. The van der Waals surface area contributed by atoms with E-state index >= 15 is 0 Å². The zero-order chi connectivity index (χ0) is 31.6. The summed E-state index contributed by atoms with van der Waals surface area (Å²) in [7, 11) is 2.91. The summed E-state index contributed by atoms with van der Waals surface area (Å²) in [5.74, 6) is 0.217. The fourth-order valence-corrected chi connectivity index (χ4v) is 4.81. The van der Waals surface area contributed by atoms with Gasteiger partial charge in [-0.15, -0.1) is 0 Å². The average molecular weight is 594 g/mol. The predicted octanol–water partition coefficient (Wildman–Crippen LogP) is 1.84. The van der Waals surface area contributed by atoms with Crippen molar-refractivity contribution in [3.05, 3.63) is 68.6 Å². The van der Waals surface area contributed by atoms with Crippen molar-refractivity contribution in [1.82, 2.24) is 4.98 Å². The highest BCUT2D eigenvalue weighted by Crippen LogP contribution is 2.28. The van der Waals surface area contributed by atoms with E-state index in [4.69, 9.17) is 18.9 Å². The number of ether oxygens (including phenoxy) is 4. The number of hydrogen-bond acceptors (Lipinski definition) is 10. The molecular formula is C31H47NO10. The predicted molar refractivity (Wildman–Crippen MR) is 159 cm³/mol. The number of aromatic nitrogens is 1. The minimum Gasteiger partial charge on any atom is -0.488 e. The maximum Gasteiger partial charge on any atom is 0.238 e. The third kappa shape index (κ3) is 9.11. The van der Waals surface area contributed by atoms with Crippen LogP contribution in [-0.2, 0) is 15.9 Å². The highest BCUT2D eigenvalue weighted by molar-refractivity contribution is 5.40. The maximum absolute atomic E-state index is 12.6. The van der Waals surface area contributed by atoms with Crippen LogP contribution in [0.5, 0.6) is 11.6 Å². The van der Waals surface area contributed by atoms with Crippen molar-refractivity contribution in [3.8, 4) is 11.6 Å². The number of H-pyrrole nitrogens is 1. The SMILES string of the molecule is COc1[nH]c(C/C=C(/C)C/C=C/C(C)=C/[C@H](C)[C@@H](O[C@@H]2O[C@@H](CO)[C@H](O)[C@H](O)[C@@H]2O)/C(C)=C\CO)c(C)c(=O)c1OC. The van der Waals surface area contributed by atoms with Gasteiger partial charge in [-0.05, 0) is 39.7 Å². The van der Waals surface area contributed by atoms with Gasteiger partial charge in [-0.2, -0.15) is 0 Å². The first-order valence-electron chi connectivity index (χ1n) is 14.0. The molecule has 6 N–H and O–H groups in total. The van der Waals surface area contributed by atoms with Gasteiger partial charge >= 0.3 is 0 Å². The quantitative estimate of drug-likeness (QED) is 0.138. The van der Waals surface area contributed by atoms with Crippen molar-refractivity contribution in [3.63, 3.8) is 0 Å². The number of allylic oxidation sites excluding steroid dienone is 5. The number of rotatable bonds is 14. The monoisotopic (exact) mass is 593 g/mol. The molecule has 1 aliphatic heterocycles. The molecule has 2 heterocycles. The number of aliphatic hydroxyl groups is 5. The summed E-state index contributed by atoms with van der Waals surface area (Å²) in [5, 5.41) is 49.6. The molecule has 236 valence electrons. The molecule has 0 unspecified atom stereocenters. The van der Waals surface area contributed by atoms with Gasteiger partial charge in [-0.25, -0.2) is 0 Å². The number of nitrogens with one attached hydrogen (secondary N) is 1. The van der Waals surface area contributed by atoms with Crippen LogP contribution in [0.4, 0.5) is 0 Å². The summed E-state index contributed by atoms with van der Waals surface area (Å²) < 4.78 is 22.0. The van der Waals surface area contributed by atoms with Gasteiger partial charge in [-0.1, -0.05) is 48.5 Å². The Kier molecular flexibility index (Phi) is 14.1. The van der Waals surface area contributed by atoms with Crippen LogP contribution in [0.15, 0.2) is 51.9 Å². The van der Waals surface area contributed by atoms with Crippen molar-refractivity contribution in [2.75, 3.05) is 27.4 Å². The number of hydrogen-bond donors (Lipinski definition) is 6. The molecule has 2 rings (SSSR count). The smallest absolute Gasteiger partial charge is 0.238 e. The van der Waals surface area contributed by atoms with Crippen LogP contribution in [0.1, 0.15) is 45.4 Å². The van der Waals surface area contributed by atoms with Crippen LogP contribution in [0, 0.1) is 12.8 Å². The van der Waals surface area contributed by atoms with E-state index < -0.39 is 43.4 Å². The minimum absolute atomic E-state index is 0.154. The Morgan fingerprint density at radius 2 is 1.74 bits per heavy atom. The summed E-state index contributed by atoms with van der Waals surface area (Å²) in [6.07, 6.45) is 3.27. The molecule has 0 aliphatic carbocycles. The van der Waals surface area contributed by atoms with Gasteiger partial charge in [0, 0.05) is 23.6 Å². The first kappa shape index (κ1) is 35.4. The Morgan fingerprint density at radius 3 is 2.33 bits per heavy atom. The van der Waals surface area contributed by atoms with E-state index in [2.05, 4.69) is 4.98 Å². The summed E-state index contributed by atoms with van der Waals surface area (Å²) in [6, 6.07) is 0. The highest BCUT2D eigenvalue weighted by Gasteiger charge is 2.45. The van der Waals surface area contributed by atoms with E-state index in [0.29, 0.717) is 29.9 Å². The van der Waals surface area contributed by atoms with Crippen LogP contribution in [0.3, 0.4) is 0 Å². The Balaban J connectivity index is 2.12. The van der Waals surface area contributed by atoms with Crippen LogP contribution >= 0.6 is 0 Å². The van der Waals surface area contributed by atoms with Gasteiger partial charge in [0.15, 0.2) is 6.29 Å². The van der Waals surface area contributed by atoms with Gasteiger partial charge in [0.2, 0.25) is 17.1 Å². The molecule has 1 saturated heterocycles. The molecule has 1 aromatic rings. The average Bonchev–Trinajstić information content (AvgIpc) is 2.96. The van der Waals surface area contributed by atoms with Crippen molar-refractivity contribution >= 4 is 0 Å². The Hall–Kier alpha value is -2.77. The molecule has 1 aromatic heterocycles. The molecule has 11 heteroatoms. The Morgan fingerprint density at radius 1 is 1.05 bits per heavy atom. The lowest BCUT2D eigenvalue weighted by molar-refractivity contribution is -0.310. The van der Waals surface area contributed by atoms with Gasteiger partial charge in [0.05, 0.1) is 33.5 Å². The fourth-order valence-electron chi connectivity index (χ4n) is 4.81. The molecule has 11 nitrogen and oxygen atoms in total. The summed E-state index contributed by atoms with van der Waals surface area (Å²) >= 11 is 0. The van der Waals surface area contributed by atoms with E-state index in [-0.39, 0.29) is 23.7 Å². The largest absolute Gasteiger partial charge is 0.488 e. The molecule has 7 atom stereocenters. The maximum atomic E-state index is 12.6. The van der Waals surface area contributed by atoms with Crippen molar-refractivity contribution in [1.29, 1.82) is 0 Å². The van der Waals surface area contributed by atoms with E-state index in [9.17, 15) is 30.3 Å². The van der Waals surface area contributed by atoms with Crippen LogP contribution in [0.25, 0.3) is 0 Å². The van der Waals surface area contributed by atoms with Crippen molar-refractivity contribution in [2.24, 2.45) is 5.92 Å². The van der Waals surface area contributed by atoms with Gasteiger partial charge in [0.25, 0.3) is 0 Å². The molecule has 42 heavy (non-hydrogen) atoms. The second-order valence-corrected chi connectivity index (χ2v) is 10.6. The van der Waals surface area contributed by atoms with Crippen molar-refractivity contribution < 1.29 is 44.5 Å². The second-order valence-electron chi connectivity index (χ2n) is 10.6. The number of pyridine rings is 1. The standard InChI is InChI=1S/C31H47NO10/c1-17(11-12-22-21(5)24(35)29(39-6)30(32-22)40-7)9-8-10-18(2)15-20(4)28(19(3)13-14-33)42-31-27(38)26(37)25(36)23(16-34)41-31/h8,10-11,13,15,20,23,25-28,31,33-34,36-38H,9,12,14,16H2,1-7H3,(H,32,35)/b10-8+,17-11-,18-15+,19-13-/t20-,23-,25-,26-,27-,28-,31-/m0/s1. The van der Waals surface area contributed by atoms with Gasteiger partial charge in [-0.3, -0.25) is 4.79 Å². The molecule has 1 fully saturated rings. The molecule has 0 bridgehead atoms. The normalized spacial score (nSPS) is 25.5. The second kappa shape index (κ2) is 16.8. The number of methoxy groups -OCH3 is 2. The zero-order valence-electron chi connectivity index (χ0n) is 25.5. The van der Waals surface area contributed by atoms with E-state index in [1.165, 1.54) is 14.2 Å². The fraction of sp³-hybridized carbons (Fsp3) is 0.581. The van der Waals surface area contributed by atoms with E-state index in [1.807, 2.05) is 45.1 Å². The van der Waals surface area contributed by atoms with Crippen LogP contribution < -0.4 is 14.9 Å². The Bertz CT molecular complexity index is 1200. The van der Waals surface area contributed by atoms with Crippen LogP contribution in [0.2, 0.25) is 0 Å². The summed E-state index contributed by atoms with van der Waals surface area (Å²) in [6.45, 7) is 8.63. The third-order valence-electron chi connectivity index (χ3n) is 7.35. The molecule has 0 saturated carbocycles. The van der Waals surface area contributed by atoms with Crippen LogP contribution in [-0.4, -0.2) is 94.8 Å².